The Kier molecular flexibility index (Phi) is 7.95. The lowest BCUT2D eigenvalue weighted by Gasteiger charge is -2.14. The van der Waals surface area contributed by atoms with Gasteiger partial charge >= 0.3 is 0 Å². The van der Waals surface area contributed by atoms with Crippen LogP contribution < -0.4 is 11.1 Å². The molecule has 1 aromatic rings. The molecule has 1 rings (SSSR count). The molecule has 2 atom stereocenters. The molecule has 1 aromatic carbocycles. The summed E-state index contributed by atoms with van der Waals surface area (Å²) in [6, 6.07) is 9.71. The Bertz CT molecular complexity index is 453. The van der Waals surface area contributed by atoms with Crippen molar-refractivity contribution in [2.75, 3.05) is 12.3 Å². The number of benzene rings is 1. The highest BCUT2D eigenvalue weighted by molar-refractivity contribution is 7.51. The van der Waals surface area contributed by atoms with Crippen LogP contribution in [0.25, 0.3) is 0 Å². The Hall–Kier alpha value is -1.45. The van der Waals surface area contributed by atoms with E-state index in [-0.39, 0.29) is 24.8 Å². The Balaban J connectivity index is 2.18. The summed E-state index contributed by atoms with van der Waals surface area (Å²) in [6.45, 7) is 1.74. The fourth-order valence-electron chi connectivity index (χ4n) is 1.95. The van der Waals surface area contributed by atoms with Gasteiger partial charge in [-0.3, -0.25) is 9.59 Å². The molecule has 2 unspecified atom stereocenters. The van der Waals surface area contributed by atoms with E-state index in [0.717, 1.165) is 6.42 Å². The molecule has 0 aliphatic carbocycles. The van der Waals surface area contributed by atoms with Crippen molar-refractivity contribution in [1.82, 2.24) is 5.32 Å². The standard InChI is InChI=1S/C15H23N2O3P/c1-12(11-14(16)18)17-15(19)8-10-21(20)9-7-13-5-3-2-4-6-13/h2-6,12,20H,7-11H2,1H3,(H2,16,18)(H,17,19). The number of hydrogen-bond donors (Lipinski definition) is 3. The Labute approximate surface area is 126 Å². The third-order valence-electron chi connectivity index (χ3n) is 3.01. The van der Waals surface area contributed by atoms with Crippen LogP contribution in [-0.2, 0) is 16.0 Å². The predicted octanol–water partition coefficient (Wildman–Crippen LogP) is 1.39. The molecule has 0 saturated carbocycles. The van der Waals surface area contributed by atoms with E-state index in [1.54, 1.807) is 6.92 Å². The number of hydrogen-bond acceptors (Lipinski definition) is 3. The zero-order valence-corrected chi connectivity index (χ0v) is 13.2. The van der Waals surface area contributed by atoms with Crippen molar-refractivity contribution in [3.63, 3.8) is 0 Å². The van der Waals surface area contributed by atoms with Crippen molar-refractivity contribution in [1.29, 1.82) is 0 Å². The summed E-state index contributed by atoms with van der Waals surface area (Å²) in [7, 11) is -1.13. The fourth-order valence-corrected chi connectivity index (χ4v) is 3.15. The largest absolute Gasteiger partial charge is 0.374 e. The van der Waals surface area contributed by atoms with Gasteiger partial charge < -0.3 is 15.9 Å². The van der Waals surface area contributed by atoms with Gasteiger partial charge in [0, 0.05) is 33.2 Å². The van der Waals surface area contributed by atoms with Crippen LogP contribution in [0.15, 0.2) is 30.3 Å². The van der Waals surface area contributed by atoms with E-state index in [4.69, 9.17) is 5.73 Å². The normalized spacial score (nSPS) is 13.4. The molecule has 6 heteroatoms. The summed E-state index contributed by atoms with van der Waals surface area (Å²) < 4.78 is 0. The summed E-state index contributed by atoms with van der Waals surface area (Å²) >= 11 is 0. The number of carbonyl (C=O) groups excluding carboxylic acids is 2. The van der Waals surface area contributed by atoms with Gasteiger partial charge in [-0.05, 0) is 25.1 Å². The van der Waals surface area contributed by atoms with E-state index in [1.165, 1.54) is 5.56 Å². The average Bonchev–Trinajstić information content (AvgIpc) is 2.43. The smallest absolute Gasteiger partial charge is 0.220 e. The van der Waals surface area contributed by atoms with Crippen LogP contribution in [0, 0.1) is 0 Å². The second-order valence-electron chi connectivity index (χ2n) is 5.08. The second kappa shape index (κ2) is 9.48. The summed E-state index contributed by atoms with van der Waals surface area (Å²) in [5.41, 5.74) is 6.25. The first-order valence-corrected chi connectivity index (χ1v) is 8.69. The van der Waals surface area contributed by atoms with Gasteiger partial charge in [-0.2, -0.15) is 0 Å². The Morgan fingerprint density at radius 1 is 1.29 bits per heavy atom. The van der Waals surface area contributed by atoms with Crippen molar-refractivity contribution >= 4 is 20.0 Å². The van der Waals surface area contributed by atoms with E-state index in [9.17, 15) is 14.5 Å². The van der Waals surface area contributed by atoms with Crippen LogP contribution in [-0.4, -0.2) is 35.1 Å². The molecule has 0 aliphatic rings. The molecular formula is C15H23N2O3P. The van der Waals surface area contributed by atoms with Gasteiger partial charge in [0.2, 0.25) is 11.8 Å². The van der Waals surface area contributed by atoms with Crippen LogP contribution in [0.3, 0.4) is 0 Å². The molecule has 0 fully saturated rings. The molecule has 0 radical (unpaired) electrons. The van der Waals surface area contributed by atoms with Crippen molar-refractivity contribution in [3.8, 4) is 0 Å². The number of rotatable bonds is 9. The summed E-state index contributed by atoms with van der Waals surface area (Å²) in [6.07, 6.45) is 2.41. The minimum Gasteiger partial charge on any atom is -0.374 e. The van der Waals surface area contributed by atoms with Gasteiger partial charge in [-0.15, -0.1) is 0 Å². The highest BCUT2D eigenvalue weighted by Gasteiger charge is 2.12. The van der Waals surface area contributed by atoms with Crippen LogP contribution in [0.5, 0.6) is 0 Å². The molecule has 0 spiro atoms. The van der Waals surface area contributed by atoms with Crippen molar-refractivity contribution in [3.05, 3.63) is 35.9 Å². The Morgan fingerprint density at radius 2 is 1.95 bits per heavy atom. The minimum absolute atomic E-state index is 0.133. The van der Waals surface area contributed by atoms with E-state index in [0.29, 0.717) is 12.3 Å². The molecule has 116 valence electrons. The van der Waals surface area contributed by atoms with Crippen LogP contribution in [0.1, 0.15) is 25.3 Å². The van der Waals surface area contributed by atoms with Crippen LogP contribution in [0.2, 0.25) is 0 Å². The molecule has 0 saturated heterocycles. The first-order valence-electron chi connectivity index (χ1n) is 7.02. The van der Waals surface area contributed by atoms with Gasteiger partial charge in [-0.25, -0.2) is 0 Å². The van der Waals surface area contributed by atoms with E-state index >= 15 is 0 Å². The predicted molar refractivity (Wildman–Crippen MR) is 85.1 cm³/mol. The first-order chi connectivity index (χ1) is 9.97. The van der Waals surface area contributed by atoms with Gasteiger partial charge in [0.25, 0.3) is 0 Å². The van der Waals surface area contributed by atoms with Crippen molar-refractivity contribution < 1.29 is 14.5 Å². The second-order valence-corrected chi connectivity index (χ2v) is 6.99. The zero-order chi connectivity index (χ0) is 15.7. The molecule has 0 bridgehead atoms. The van der Waals surface area contributed by atoms with Crippen LogP contribution >= 0.6 is 8.15 Å². The average molecular weight is 310 g/mol. The first kappa shape index (κ1) is 17.6. The molecule has 0 aromatic heterocycles. The maximum absolute atomic E-state index is 11.6. The summed E-state index contributed by atoms with van der Waals surface area (Å²) in [5.74, 6) is -0.583. The van der Waals surface area contributed by atoms with Gasteiger partial charge in [0.05, 0.1) is 0 Å². The quantitative estimate of drug-likeness (QED) is 0.602. The third kappa shape index (κ3) is 8.43. The van der Waals surface area contributed by atoms with Gasteiger partial charge in [0.1, 0.15) is 0 Å². The lowest BCUT2D eigenvalue weighted by Crippen LogP contribution is -2.35. The number of carbonyl (C=O) groups is 2. The Morgan fingerprint density at radius 3 is 2.57 bits per heavy atom. The number of primary amides is 1. The molecule has 4 N–H and O–H groups in total. The number of aryl methyl sites for hydroxylation is 1. The summed E-state index contributed by atoms with van der Waals surface area (Å²) in [5, 5.41) is 2.70. The monoisotopic (exact) mass is 310 g/mol. The fraction of sp³-hybridized carbons (Fsp3) is 0.467. The van der Waals surface area contributed by atoms with Crippen molar-refractivity contribution in [2.24, 2.45) is 5.73 Å². The maximum Gasteiger partial charge on any atom is 0.220 e. The van der Waals surface area contributed by atoms with Gasteiger partial charge in [-0.1, -0.05) is 30.3 Å². The topological polar surface area (TPSA) is 92.4 Å². The SMILES string of the molecule is CC(CC(N)=O)NC(=O)CCP(O)CCc1ccccc1. The highest BCUT2D eigenvalue weighted by atomic mass is 31.1. The van der Waals surface area contributed by atoms with E-state index in [1.807, 2.05) is 30.3 Å². The molecule has 2 amide bonds. The van der Waals surface area contributed by atoms with Crippen molar-refractivity contribution in [2.45, 2.75) is 32.2 Å². The minimum atomic E-state index is -1.13. The van der Waals surface area contributed by atoms with Gasteiger partial charge in [0.15, 0.2) is 0 Å². The zero-order valence-electron chi connectivity index (χ0n) is 12.3. The maximum atomic E-state index is 11.6. The molecule has 21 heavy (non-hydrogen) atoms. The van der Waals surface area contributed by atoms with E-state index in [2.05, 4.69) is 5.32 Å². The van der Waals surface area contributed by atoms with Crippen LogP contribution in [0.4, 0.5) is 0 Å². The van der Waals surface area contributed by atoms with E-state index < -0.39 is 14.1 Å². The highest BCUT2D eigenvalue weighted by Crippen LogP contribution is 2.31. The molecular weight excluding hydrogens is 287 g/mol. The summed E-state index contributed by atoms with van der Waals surface area (Å²) in [4.78, 5) is 32.3. The molecule has 0 heterocycles. The lowest BCUT2D eigenvalue weighted by molar-refractivity contribution is -0.122. The number of nitrogens with one attached hydrogen (secondary N) is 1. The number of nitrogens with two attached hydrogens (primary N) is 1. The molecule has 5 nitrogen and oxygen atoms in total. The molecule has 0 aliphatic heterocycles. The third-order valence-corrected chi connectivity index (χ3v) is 4.49. The lowest BCUT2D eigenvalue weighted by atomic mass is 10.2. The number of amides is 2.